The van der Waals surface area contributed by atoms with Crippen molar-refractivity contribution >= 4 is 32.5 Å². The van der Waals surface area contributed by atoms with Crippen molar-refractivity contribution < 1.29 is 14.3 Å². The number of carbonyl (C=O) groups is 1. The number of rotatable bonds is 6. The molecule has 0 aliphatic carbocycles. The molecule has 0 saturated carbocycles. The topological polar surface area (TPSA) is 60.5 Å². The van der Waals surface area contributed by atoms with Crippen LogP contribution in [0.5, 0.6) is 11.5 Å². The second-order valence-electron chi connectivity index (χ2n) is 4.86. The number of benzene rings is 2. The van der Waals surface area contributed by atoms with Crippen LogP contribution in [0.2, 0.25) is 0 Å². The third-order valence-electron chi connectivity index (χ3n) is 3.41. The quantitative estimate of drug-likeness (QED) is 0.701. The molecule has 0 saturated heterocycles. The molecule has 0 fully saturated rings. The lowest BCUT2D eigenvalue weighted by Gasteiger charge is -2.03. The third kappa shape index (κ3) is 3.43. The molecular weight excluding hydrogens is 312 g/mol. The number of fused-ring (bicyclic) bond motifs is 1. The molecule has 3 aromatic rings. The van der Waals surface area contributed by atoms with Crippen LogP contribution in [-0.2, 0) is 0 Å². The molecule has 3 rings (SSSR count). The number of hydrogen-bond acceptors (Lipinski definition) is 6. The molecule has 0 aliphatic rings. The summed E-state index contributed by atoms with van der Waals surface area (Å²) in [6.45, 7) is 0.198. The molecule has 0 aliphatic heterocycles. The third-order valence-corrected chi connectivity index (χ3v) is 4.38. The van der Waals surface area contributed by atoms with E-state index >= 15 is 0 Å². The summed E-state index contributed by atoms with van der Waals surface area (Å²) in [5.74, 6) is 1.53. The van der Waals surface area contributed by atoms with Crippen molar-refractivity contribution in [3.63, 3.8) is 0 Å². The fourth-order valence-electron chi connectivity index (χ4n) is 2.14. The van der Waals surface area contributed by atoms with Crippen molar-refractivity contribution in [2.75, 3.05) is 26.1 Å². The first kappa shape index (κ1) is 15.3. The molecule has 6 heteroatoms. The first-order chi connectivity index (χ1) is 11.2. The number of ether oxygens (including phenoxy) is 2. The lowest BCUT2D eigenvalue weighted by molar-refractivity contribution is 0.101. The minimum absolute atomic E-state index is 0.00416. The molecule has 0 spiro atoms. The highest BCUT2D eigenvalue weighted by atomic mass is 32.1. The predicted octanol–water partition coefficient (Wildman–Crippen LogP) is 3.61. The van der Waals surface area contributed by atoms with Gasteiger partial charge in [-0.1, -0.05) is 11.3 Å². The monoisotopic (exact) mass is 328 g/mol. The fraction of sp³-hybridized carbons (Fsp3) is 0.176. The van der Waals surface area contributed by atoms with Crippen LogP contribution in [0.1, 0.15) is 10.4 Å². The van der Waals surface area contributed by atoms with E-state index in [4.69, 9.17) is 9.47 Å². The Kier molecular flexibility index (Phi) is 4.43. The smallest absolute Gasteiger partial charge is 0.184 e. The first-order valence-electron chi connectivity index (χ1n) is 7.05. The lowest BCUT2D eigenvalue weighted by atomic mass is 10.1. The van der Waals surface area contributed by atoms with Gasteiger partial charge >= 0.3 is 0 Å². The second-order valence-corrected chi connectivity index (χ2v) is 5.89. The second kappa shape index (κ2) is 6.66. The van der Waals surface area contributed by atoms with E-state index in [-0.39, 0.29) is 12.3 Å². The molecule has 0 amide bonds. The summed E-state index contributed by atoms with van der Waals surface area (Å²) in [5.41, 5.74) is 1.52. The molecule has 118 valence electrons. The minimum Gasteiger partial charge on any atom is -0.497 e. The van der Waals surface area contributed by atoms with Gasteiger partial charge in [0.05, 0.1) is 31.0 Å². The van der Waals surface area contributed by atoms with Crippen LogP contribution in [0.4, 0.5) is 5.13 Å². The van der Waals surface area contributed by atoms with Gasteiger partial charge in [-0.15, -0.1) is 0 Å². The molecule has 0 radical (unpaired) electrons. The van der Waals surface area contributed by atoms with Crippen LogP contribution in [0.25, 0.3) is 10.2 Å². The number of aromatic nitrogens is 1. The van der Waals surface area contributed by atoms with Gasteiger partial charge in [0.25, 0.3) is 0 Å². The molecule has 2 aromatic carbocycles. The van der Waals surface area contributed by atoms with Gasteiger partial charge in [-0.2, -0.15) is 0 Å². The standard InChI is InChI=1S/C17H16N2O3S/c1-21-12-5-3-11(4-6-12)15(20)10-18-17-19-14-8-7-13(22-2)9-16(14)23-17/h3-9H,10H2,1-2H3,(H,18,19). The lowest BCUT2D eigenvalue weighted by Crippen LogP contribution is -2.13. The van der Waals surface area contributed by atoms with E-state index in [1.54, 1.807) is 38.5 Å². The summed E-state index contributed by atoms with van der Waals surface area (Å²) >= 11 is 1.50. The fourth-order valence-corrected chi connectivity index (χ4v) is 3.03. The maximum Gasteiger partial charge on any atom is 0.184 e. The van der Waals surface area contributed by atoms with Crippen LogP contribution in [0.3, 0.4) is 0 Å². The Morgan fingerprint density at radius 1 is 1.09 bits per heavy atom. The van der Waals surface area contributed by atoms with Crippen molar-refractivity contribution in [1.82, 2.24) is 4.98 Å². The SMILES string of the molecule is COc1ccc(C(=O)CNc2nc3ccc(OC)cc3s2)cc1. The molecular formula is C17H16N2O3S. The normalized spacial score (nSPS) is 10.5. The van der Waals surface area contributed by atoms with Gasteiger partial charge in [0.2, 0.25) is 0 Å². The number of hydrogen-bond donors (Lipinski definition) is 1. The zero-order valence-electron chi connectivity index (χ0n) is 12.8. The molecule has 0 unspecified atom stereocenters. The van der Waals surface area contributed by atoms with Gasteiger partial charge in [-0.25, -0.2) is 4.98 Å². The number of methoxy groups -OCH3 is 2. The summed E-state index contributed by atoms with van der Waals surface area (Å²) in [4.78, 5) is 16.6. The molecule has 1 aromatic heterocycles. The molecule has 0 atom stereocenters. The summed E-state index contributed by atoms with van der Waals surface area (Å²) in [6.07, 6.45) is 0. The summed E-state index contributed by atoms with van der Waals surface area (Å²) in [5, 5.41) is 3.80. The zero-order chi connectivity index (χ0) is 16.2. The van der Waals surface area contributed by atoms with Gasteiger partial charge in [0, 0.05) is 5.56 Å². The highest BCUT2D eigenvalue weighted by Gasteiger charge is 2.09. The van der Waals surface area contributed by atoms with E-state index in [9.17, 15) is 4.79 Å². The van der Waals surface area contributed by atoms with Crippen LogP contribution in [-0.4, -0.2) is 31.5 Å². The Morgan fingerprint density at radius 3 is 2.48 bits per heavy atom. The maximum atomic E-state index is 12.2. The number of nitrogens with zero attached hydrogens (tertiary/aromatic N) is 1. The van der Waals surface area contributed by atoms with Crippen molar-refractivity contribution in [3.8, 4) is 11.5 Å². The minimum atomic E-state index is 0.00416. The largest absolute Gasteiger partial charge is 0.497 e. The molecule has 5 nitrogen and oxygen atoms in total. The van der Waals surface area contributed by atoms with Gasteiger partial charge < -0.3 is 14.8 Å². The van der Waals surface area contributed by atoms with E-state index < -0.39 is 0 Å². The maximum absolute atomic E-state index is 12.2. The Morgan fingerprint density at radius 2 is 1.78 bits per heavy atom. The predicted molar refractivity (Wildman–Crippen MR) is 92.0 cm³/mol. The van der Waals surface area contributed by atoms with Gasteiger partial charge in [0.1, 0.15) is 11.5 Å². The summed E-state index contributed by atoms with van der Waals surface area (Å²) < 4.78 is 11.3. The van der Waals surface area contributed by atoms with Gasteiger partial charge in [0.15, 0.2) is 10.9 Å². The number of carbonyl (C=O) groups excluding carboxylic acids is 1. The van der Waals surface area contributed by atoms with Crippen LogP contribution in [0.15, 0.2) is 42.5 Å². The van der Waals surface area contributed by atoms with E-state index in [2.05, 4.69) is 10.3 Å². The number of nitrogens with one attached hydrogen (secondary N) is 1. The average molecular weight is 328 g/mol. The van der Waals surface area contributed by atoms with Gasteiger partial charge in [-0.3, -0.25) is 4.79 Å². The van der Waals surface area contributed by atoms with Crippen molar-refractivity contribution in [2.45, 2.75) is 0 Å². The Labute approximate surface area is 137 Å². The average Bonchev–Trinajstić information content (AvgIpc) is 3.01. The van der Waals surface area contributed by atoms with Gasteiger partial charge in [-0.05, 0) is 42.5 Å². The zero-order valence-corrected chi connectivity index (χ0v) is 13.6. The number of Topliss-reactive ketones (excluding diaryl/α,β-unsaturated/α-hetero) is 1. The van der Waals surface area contributed by atoms with E-state index in [1.165, 1.54) is 11.3 Å². The van der Waals surface area contributed by atoms with Crippen molar-refractivity contribution in [2.24, 2.45) is 0 Å². The summed E-state index contributed by atoms with van der Waals surface area (Å²) in [7, 11) is 3.23. The van der Waals surface area contributed by atoms with E-state index in [1.807, 2.05) is 18.2 Å². The van der Waals surface area contributed by atoms with Crippen LogP contribution < -0.4 is 14.8 Å². The number of ketones is 1. The van der Waals surface area contributed by atoms with E-state index in [0.29, 0.717) is 5.56 Å². The van der Waals surface area contributed by atoms with Crippen LogP contribution in [0, 0.1) is 0 Å². The highest BCUT2D eigenvalue weighted by Crippen LogP contribution is 2.29. The molecule has 1 N–H and O–H groups in total. The number of anilines is 1. The molecule has 0 bridgehead atoms. The van der Waals surface area contributed by atoms with Crippen molar-refractivity contribution in [3.05, 3.63) is 48.0 Å². The molecule has 1 heterocycles. The first-order valence-corrected chi connectivity index (χ1v) is 7.87. The Balaban J connectivity index is 1.68. The number of thiazole rings is 1. The Bertz CT molecular complexity index is 827. The Hall–Kier alpha value is -2.60. The molecule has 23 heavy (non-hydrogen) atoms. The van der Waals surface area contributed by atoms with Crippen molar-refractivity contribution in [1.29, 1.82) is 0 Å². The summed E-state index contributed by atoms with van der Waals surface area (Å²) in [6, 6.07) is 12.8. The van der Waals surface area contributed by atoms with E-state index in [0.717, 1.165) is 26.8 Å². The highest BCUT2D eigenvalue weighted by molar-refractivity contribution is 7.22. The van der Waals surface area contributed by atoms with Crippen LogP contribution >= 0.6 is 11.3 Å².